The van der Waals surface area contributed by atoms with Crippen LogP contribution in [0.15, 0.2) is 57.3 Å². The first-order valence-corrected chi connectivity index (χ1v) is 8.98. The van der Waals surface area contributed by atoms with Crippen molar-refractivity contribution in [2.75, 3.05) is 21.3 Å². The third-order valence-corrected chi connectivity index (χ3v) is 4.56. The summed E-state index contributed by atoms with van der Waals surface area (Å²) >= 11 is 0. The molecule has 3 aromatic rings. The molecule has 1 heterocycles. The molecule has 0 unspecified atom stereocenters. The number of methoxy groups -OCH3 is 3. The Morgan fingerprint density at radius 2 is 1.75 bits per heavy atom. The van der Waals surface area contributed by atoms with Crippen LogP contribution in [0.3, 0.4) is 0 Å². The zero-order chi connectivity index (χ0) is 20.3. The smallest absolute Gasteiger partial charge is 0.200 e. The molecule has 1 aromatic heterocycles. The van der Waals surface area contributed by atoms with Gasteiger partial charge in [0.05, 0.1) is 26.9 Å². The molecule has 0 radical (unpaired) electrons. The lowest BCUT2D eigenvalue weighted by Gasteiger charge is -2.14. The average molecular weight is 380 g/mol. The molecule has 0 bridgehead atoms. The maximum atomic E-state index is 13.4. The maximum absolute atomic E-state index is 13.4. The predicted octanol–water partition coefficient (Wildman–Crippen LogP) is 4.99. The molecule has 0 N–H and O–H groups in total. The van der Waals surface area contributed by atoms with Crippen molar-refractivity contribution in [1.29, 1.82) is 0 Å². The lowest BCUT2D eigenvalue weighted by atomic mass is 10.00. The van der Waals surface area contributed by atoms with Crippen LogP contribution in [0.2, 0.25) is 0 Å². The van der Waals surface area contributed by atoms with Gasteiger partial charge < -0.3 is 18.6 Å². The summed E-state index contributed by atoms with van der Waals surface area (Å²) in [6.07, 6.45) is 2.45. The summed E-state index contributed by atoms with van der Waals surface area (Å²) in [5.41, 5.74) is 2.73. The van der Waals surface area contributed by atoms with Gasteiger partial charge in [0, 0.05) is 11.6 Å². The van der Waals surface area contributed by atoms with Gasteiger partial charge in [-0.2, -0.15) is 0 Å². The van der Waals surface area contributed by atoms with E-state index < -0.39 is 0 Å². The Balaban J connectivity index is 2.37. The molecule has 146 valence electrons. The Bertz CT molecular complexity index is 1090. The Hall–Kier alpha value is -3.21. The molecule has 0 spiro atoms. The van der Waals surface area contributed by atoms with Crippen LogP contribution in [-0.2, 0) is 6.42 Å². The average Bonchev–Trinajstić information content (AvgIpc) is 2.71. The minimum Gasteiger partial charge on any atom is -0.497 e. The minimum atomic E-state index is -0.107. The highest BCUT2D eigenvalue weighted by molar-refractivity contribution is 5.87. The van der Waals surface area contributed by atoms with Gasteiger partial charge in [0.25, 0.3) is 0 Å². The molecule has 0 fully saturated rings. The fourth-order valence-corrected chi connectivity index (χ4v) is 3.11. The summed E-state index contributed by atoms with van der Waals surface area (Å²) in [7, 11) is 4.72. The van der Waals surface area contributed by atoms with Crippen LogP contribution in [0.5, 0.6) is 17.2 Å². The van der Waals surface area contributed by atoms with Gasteiger partial charge in [-0.3, -0.25) is 4.79 Å². The van der Waals surface area contributed by atoms with Crippen LogP contribution in [0.4, 0.5) is 0 Å². The summed E-state index contributed by atoms with van der Waals surface area (Å²) in [5, 5.41) is 0.443. The molecule has 0 saturated carbocycles. The second kappa shape index (κ2) is 8.21. The van der Waals surface area contributed by atoms with Crippen LogP contribution < -0.4 is 19.6 Å². The zero-order valence-electron chi connectivity index (χ0n) is 16.8. The van der Waals surface area contributed by atoms with E-state index in [2.05, 4.69) is 0 Å². The predicted molar refractivity (Wildman–Crippen MR) is 111 cm³/mol. The molecule has 0 amide bonds. The van der Waals surface area contributed by atoms with Gasteiger partial charge in [0.15, 0.2) is 0 Å². The van der Waals surface area contributed by atoms with Crippen LogP contribution in [0.1, 0.15) is 19.4 Å². The van der Waals surface area contributed by atoms with Crippen LogP contribution >= 0.6 is 0 Å². The molecule has 0 aliphatic carbocycles. The third kappa shape index (κ3) is 3.60. The van der Waals surface area contributed by atoms with E-state index in [4.69, 9.17) is 18.6 Å². The Kier molecular flexibility index (Phi) is 5.73. The molecule has 3 rings (SSSR count). The fourth-order valence-electron chi connectivity index (χ4n) is 3.11. The van der Waals surface area contributed by atoms with Gasteiger partial charge in [-0.25, -0.2) is 0 Å². The number of hydrogen-bond donors (Lipinski definition) is 0. The van der Waals surface area contributed by atoms with Crippen molar-refractivity contribution >= 4 is 11.0 Å². The van der Waals surface area contributed by atoms with E-state index >= 15 is 0 Å². The summed E-state index contributed by atoms with van der Waals surface area (Å²) in [6, 6.07) is 10.8. The molecule has 0 aliphatic rings. The van der Waals surface area contributed by atoms with Crippen LogP contribution in [0, 0.1) is 0 Å². The van der Waals surface area contributed by atoms with E-state index in [1.165, 1.54) is 0 Å². The van der Waals surface area contributed by atoms with Gasteiger partial charge in [0.2, 0.25) is 5.43 Å². The molecule has 0 atom stereocenters. The second-order valence-corrected chi connectivity index (χ2v) is 6.62. The van der Waals surface area contributed by atoms with Crippen molar-refractivity contribution in [2.45, 2.75) is 20.3 Å². The first kappa shape index (κ1) is 19.5. The van der Waals surface area contributed by atoms with Gasteiger partial charge in [-0.15, -0.1) is 0 Å². The summed E-state index contributed by atoms with van der Waals surface area (Å²) < 4.78 is 22.4. The minimum absolute atomic E-state index is 0.107. The molecule has 5 heteroatoms. The van der Waals surface area contributed by atoms with Gasteiger partial charge in [-0.05, 0) is 44.5 Å². The summed E-state index contributed by atoms with van der Waals surface area (Å²) in [5.74, 6) is 2.22. The van der Waals surface area contributed by atoms with Crippen molar-refractivity contribution in [1.82, 2.24) is 0 Å². The topological polar surface area (TPSA) is 57.9 Å². The Morgan fingerprint density at radius 3 is 2.39 bits per heavy atom. The quantitative estimate of drug-likeness (QED) is 0.564. The van der Waals surface area contributed by atoms with Gasteiger partial charge in [-0.1, -0.05) is 17.7 Å². The molecule has 28 heavy (non-hydrogen) atoms. The van der Waals surface area contributed by atoms with Crippen molar-refractivity contribution in [2.24, 2.45) is 0 Å². The van der Waals surface area contributed by atoms with E-state index in [1.54, 1.807) is 45.6 Å². The van der Waals surface area contributed by atoms with Gasteiger partial charge >= 0.3 is 0 Å². The van der Waals surface area contributed by atoms with Gasteiger partial charge in [0.1, 0.15) is 34.0 Å². The zero-order valence-corrected chi connectivity index (χ0v) is 16.8. The monoisotopic (exact) mass is 380 g/mol. The molecule has 0 aliphatic heterocycles. The molecule has 2 aromatic carbocycles. The number of benzene rings is 2. The van der Waals surface area contributed by atoms with E-state index in [9.17, 15) is 4.79 Å². The lowest BCUT2D eigenvalue weighted by molar-refractivity contribution is 0.394. The van der Waals surface area contributed by atoms with E-state index in [-0.39, 0.29) is 5.43 Å². The fraction of sp³-hybridized carbons (Fsp3) is 0.261. The lowest BCUT2D eigenvalue weighted by Crippen LogP contribution is -2.12. The highest BCUT2D eigenvalue weighted by Crippen LogP contribution is 2.37. The highest BCUT2D eigenvalue weighted by Gasteiger charge is 2.20. The molecular formula is C23H24O5. The maximum Gasteiger partial charge on any atom is 0.200 e. The van der Waals surface area contributed by atoms with E-state index in [0.29, 0.717) is 51.5 Å². The van der Waals surface area contributed by atoms with Crippen LogP contribution in [-0.4, -0.2) is 21.3 Å². The van der Waals surface area contributed by atoms with Crippen molar-refractivity contribution < 1.29 is 18.6 Å². The number of ether oxygens (including phenoxy) is 3. The van der Waals surface area contributed by atoms with Crippen molar-refractivity contribution in [3.05, 3.63) is 63.8 Å². The largest absolute Gasteiger partial charge is 0.497 e. The number of allylic oxidation sites excluding steroid dienone is 2. The number of fused-ring (bicyclic) bond motifs is 1. The second-order valence-electron chi connectivity index (χ2n) is 6.62. The molecule has 0 saturated heterocycles. The molecular weight excluding hydrogens is 356 g/mol. The number of hydrogen-bond acceptors (Lipinski definition) is 5. The van der Waals surface area contributed by atoms with E-state index in [0.717, 1.165) is 5.57 Å². The first-order chi connectivity index (χ1) is 13.5. The van der Waals surface area contributed by atoms with E-state index in [1.807, 2.05) is 32.1 Å². The molecule has 5 nitrogen and oxygen atoms in total. The normalized spacial score (nSPS) is 10.6. The van der Waals surface area contributed by atoms with Crippen LogP contribution in [0.25, 0.3) is 22.3 Å². The Morgan fingerprint density at radius 1 is 1.00 bits per heavy atom. The summed E-state index contributed by atoms with van der Waals surface area (Å²) in [6.45, 7) is 3.99. The summed E-state index contributed by atoms with van der Waals surface area (Å²) in [4.78, 5) is 13.4. The number of rotatable bonds is 6. The Labute approximate surface area is 164 Å². The third-order valence-electron chi connectivity index (χ3n) is 4.56. The highest BCUT2D eigenvalue weighted by atomic mass is 16.5. The van der Waals surface area contributed by atoms with Crippen molar-refractivity contribution in [3.8, 4) is 28.6 Å². The standard InChI is InChI=1S/C23H24O5/c1-14(2)9-11-17-22(24)21-18(26-4)7-6-8-19(21)28-23(17)16-12-10-15(25-3)13-20(16)27-5/h6-10,12-13H,11H2,1-5H3. The van der Waals surface area contributed by atoms with Crippen molar-refractivity contribution in [3.63, 3.8) is 0 Å². The first-order valence-electron chi connectivity index (χ1n) is 8.98. The SMILES string of the molecule is COc1ccc(-c2oc3cccc(OC)c3c(=O)c2CC=C(C)C)c(OC)c1.